The molecule has 0 saturated heterocycles. The molecule has 1 aliphatic carbocycles. The molecule has 166 valence electrons. The molecular weight excluding hydrogens is 387 g/mol. The van der Waals surface area contributed by atoms with E-state index in [2.05, 4.69) is 37.3 Å². The lowest BCUT2D eigenvalue weighted by molar-refractivity contribution is -0.143. The van der Waals surface area contributed by atoms with E-state index in [9.17, 15) is 9.18 Å². The van der Waals surface area contributed by atoms with E-state index in [1.165, 1.54) is 35.1 Å². The third-order valence-electron chi connectivity index (χ3n) is 6.40. The number of hydrogen-bond donors (Lipinski definition) is 0. The van der Waals surface area contributed by atoms with Crippen molar-refractivity contribution in [3.8, 4) is 0 Å². The molecule has 0 saturated carbocycles. The molecule has 0 radical (unpaired) electrons. The first-order chi connectivity index (χ1) is 15.0. The standard InChI is InChI=1S/C28H35FO2/c1-3-31-27(30)8-6-4-5-7-18-28(2)19-17-24-20-23(11-14-25(24)21-28)10-9-22-12-15-26(29)16-13-22/h4-5,11-16,20H,3,6-10,17-19,21H2,1-2H3/b5-4+. The predicted molar refractivity (Wildman–Crippen MR) is 125 cm³/mol. The molecule has 2 aromatic rings. The van der Waals surface area contributed by atoms with Gasteiger partial charge in [0.15, 0.2) is 0 Å². The second-order valence-corrected chi connectivity index (χ2v) is 9.07. The van der Waals surface area contributed by atoms with Crippen molar-refractivity contribution in [2.24, 2.45) is 5.41 Å². The van der Waals surface area contributed by atoms with Crippen molar-refractivity contribution in [3.63, 3.8) is 0 Å². The summed E-state index contributed by atoms with van der Waals surface area (Å²) in [5, 5.41) is 0. The number of rotatable bonds is 10. The minimum atomic E-state index is -0.173. The van der Waals surface area contributed by atoms with Crippen LogP contribution in [-0.2, 0) is 35.2 Å². The van der Waals surface area contributed by atoms with Crippen LogP contribution < -0.4 is 0 Å². The summed E-state index contributed by atoms with van der Waals surface area (Å²) in [5.41, 5.74) is 5.89. The Morgan fingerprint density at radius 3 is 2.52 bits per heavy atom. The summed E-state index contributed by atoms with van der Waals surface area (Å²) in [5.74, 6) is -0.284. The fraction of sp³-hybridized carbons (Fsp3) is 0.464. The maximum Gasteiger partial charge on any atom is 0.306 e. The van der Waals surface area contributed by atoms with Crippen LogP contribution in [0.1, 0.15) is 68.2 Å². The molecule has 2 nitrogen and oxygen atoms in total. The maximum atomic E-state index is 13.1. The van der Waals surface area contributed by atoms with Gasteiger partial charge in [0.2, 0.25) is 0 Å². The van der Waals surface area contributed by atoms with Crippen molar-refractivity contribution in [2.45, 2.75) is 71.6 Å². The van der Waals surface area contributed by atoms with Gasteiger partial charge in [0.1, 0.15) is 5.82 Å². The zero-order chi connectivity index (χ0) is 22.1. The van der Waals surface area contributed by atoms with Crippen LogP contribution >= 0.6 is 0 Å². The Kier molecular flexibility index (Phi) is 8.45. The molecule has 0 aliphatic heterocycles. The van der Waals surface area contributed by atoms with Crippen LogP contribution in [0.5, 0.6) is 0 Å². The second-order valence-electron chi connectivity index (χ2n) is 9.07. The Bertz CT molecular complexity index is 884. The summed E-state index contributed by atoms with van der Waals surface area (Å²) in [6, 6.07) is 13.8. The monoisotopic (exact) mass is 422 g/mol. The largest absolute Gasteiger partial charge is 0.466 e. The van der Waals surface area contributed by atoms with E-state index in [0.717, 1.165) is 38.5 Å². The highest BCUT2D eigenvalue weighted by Gasteiger charge is 2.29. The zero-order valence-electron chi connectivity index (χ0n) is 19.0. The van der Waals surface area contributed by atoms with Crippen molar-refractivity contribution in [1.29, 1.82) is 0 Å². The van der Waals surface area contributed by atoms with Gasteiger partial charge in [-0.25, -0.2) is 4.39 Å². The smallest absolute Gasteiger partial charge is 0.306 e. The summed E-state index contributed by atoms with van der Waals surface area (Å²) in [6.45, 7) is 4.70. The number of carbonyl (C=O) groups excluding carboxylic acids is 1. The summed E-state index contributed by atoms with van der Waals surface area (Å²) < 4.78 is 18.0. The van der Waals surface area contributed by atoms with Gasteiger partial charge in [0, 0.05) is 6.42 Å². The molecule has 0 spiro atoms. The highest BCUT2D eigenvalue weighted by atomic mass is 19.1. The molecule has 0 fully saturated rings. The van der Waals surface area contributed by atoms with Crippen molar-refractivity contribution < 1.29 is 13.9 Å². The number of aryl methyl sites for hydroxylation is 3. The van der Waals surface area contributed by atoms with E-state index in [0.29, 0.717) is 18.4 Å². The minimum absolute atomic E-state index is 0.111. The van der Waals surface area contributed by atoms with E-state index in [1.807, 2.05) is 19.1 Å². The predicted octanol–water partition coefficient (Wildman–Crippen LogP) is 6.79. The highest BCUT2D eigenvalue weighted by Crippen LogP contribution is 2.39. The molecule has 0 bridgehead atoms. The molecule has 0 amide bonds. The molecule has 0 N–H and O–H groups in total. The van der Waals surface area contributed by atoms with Gasteiger partial charge in [-0.05, 0) is 98.1 Å². The van der Waals surface area contributed by atoms with Crippen molar-refractivity contribution in [3.05, 3.63) is 82.7 Å². The number of esters is 1. The van der Waals surface area contributed by atoms with Crippen LogP contribution in [0.25, 0.3) is 0 Å². The highest BCUT2D eigenvalue weighted by molar-refractivity contribution is 5.69. The fourth-order valence-corrected chi connectivity index (χ4v) is 4.48. The molecule has 0 heterocycles. The molecular formula is C28H35FO2. The van der Waals surface area contributed by atoms with Crippen LogP contribution in [0.2, 0.25) is 0 Å². The van der Waals surface area contributed by atoms with Crippen LogP contribution in [0.4, 0.5) is 4.39 Å². The average molecular weight is 423 g/mol. The summed E-state index contributed by atoms with van der Waals surface area (Å²) >= 11 is 0. The lowest BCUT2D eigenvalue weighted by Crippen LogP contribution is -2.25. The van der Waals surface area contributed by atoms with Gasteiger partial charge >= 0.3 is 5.97 Å². The SMILES string of the molecule is CCOC(=O)CC/C=C/CCC1(C)CCc2cc(CCc3ccc(F)cc3)ccc2C1. The van der Waals surface area contributed by atoms with Gasteiger partial charge in [-0.1, -0.05) is 49.4 Å². The summed E-state index contributed by atoms with van der Waals surface area (Å²) in [7, 11) is 0. The van der Waals surface area contributed by atoms with Crippen molar-refractivity contribution >= 4 is 5.97 Å². The number of ether oxygens (including phenoxy) is 1. The fourth-order valence-electron chi connectivity index (χ4n) is 4.48. The summed E-state index contributed by atoms with van der Waals surface area (Å²) in [6.07, 6.45) is 13.2. The number of allylic oxidation sites excluding steroid dienone is 2. The second kappa shape index (κ2) is 11.3. The summed E-state index contributed by atoms with van der Waals surface area (Å²) in [4.78, 5) is 11.4. The van der Waals surface area contributed by atoms with Gasteiger partial charge in [0.25, 0.3) is 0 Å². The molecule has 1 unspecified atom stereocenters. The van der Waals surface area contributed by atoms with Crippen molar-refractivity contribution in [2.75, 3.05) is 6.61 Å². The first-order valence-electron chi connectivity index (χ1n) is 11.6. The van der Waals surface area contributed by atoms with E-state index < -0.39 is 0 Å². The topological polar surface area (TPSA) is 26.3 Å². The Morgan fingerprint density at radius 2 is 1.74 bits per heavy atom. The van der Waals surface area contributed by atoms with Crippen LogP contribution in [0.3, 0.4) is 0 Å². The minimum Gasteiger partial charge on any atom is -0.466 e. The third kappa shape index (κ3) is 7.34. The molecule has 0 aromatic heterocycles. The average Bonchev–Trinajstić information content (AvgIpc) is 2.76. The van der Waals surface area contributed by atoms with Crippen LogP contribution in [-0.4, -0.2) is 12.6 Å². The normalized spacial score (nSPS) is 18.2. The Hall–Kier alpha value is -2.42. The van der Waals surface area contributed by atoms with Gasteiger partial charge in [-0.15, -0.1) is 0 Å². The quantitative estimate of drug-likeness (QED) is 0.311. The lowest BCUT2D eigenvalue weighted by Gasteiger charge is -2.35. The van der Waals surface area contributed by atoms with Gasteiger partial charge in [0.05, 0.1) is 6.61 Å². The zero-order valence-corrected chi connectivity index (χ0v) is 19.0. The first kappa shape index (κ1) is 23.2. The molecule has 1 atom stereocenters. The van der Waals surface area contributed by atoms with E-state index in [1.54, 1.807) is 12.1 Å². The Morgan fingerprint density at radius 1 is 1.03 bits per heavy atom. The Labute approximate surface area is 186 Å². The molecule has 1 aliphatic rings. The van der Waals surface area contributed by atoms with E-state index >= 15 is 0 Å². The van der Waals surface area contributed by atoms with Crippen molar-refractivity contribution in [1.82, 2.24) is 0 Å². The molecule has 3 rings (SSSR count). The number of hydrogen-bond acceptors (Lipinski definition) is 2. The lowest BCUT2D eigenvalue weighted by atomic mass is 9.70. The van der Waals surface area contributed by atoms with Gasteiger partial charge < -0.3 is 4.74 Å². The third-order valence-corrected chi connectivity index (χ3v) is 6.40. The van der Waals surface area contributed by atoms with Crippen LogP contribution in [0.15, 0.2) is 54.6 Å². The van der Waals surface area contributed by atoms with E-state index in [4.69, 9.17) is 4.74 Å². The molecule has 31 heavy (non-hydrogen) atoms. The first-order valence-corrected chi connectivity index (χ1v) is 11.6. The maximum absolute atomic E-state index is 13.1. The number of benzene rings is 2. The number of fused-ring (bicyclic) bond motifs is 1. The van der Waals surface area contributed by atoms with Crippen LogP contribution in [0, 0.1) is 11.2 Å². The van der Waals surface area contributed by atoms with E-state index in [-0.39, 0.29) is 11.8 Å². The molecule has 2 aromatic carbocycles. The number of halogens is 1. The Balaban J connectivity index is 1.46. The van der Waals surface area contributed by atoms with Gasteiger partial charge in [-0.3, -0.25) is 4.79 Å². The van der Waals surface area contributed by atoms with Gasteiger partial charge in [-0.2, -0.15) is 0 Å². The number of carbonyl (C=O) groups is 1. The molecule has 3 heteroatoms.